The van der Waals surface area contributed by atoms with Crippen molar-refractivity contribution in [2.24, 2.45) is 0 Å². The van der Waals surface area contributed by atoms with Crippen LogP contribution in [-0.2, 0) is 31.6 Å². The van der Waals surface area contributed by atoms with E-state index in [0.29, 0.717) is 25.2 Å². The summed E-state index contributed by atoms with van der Waals surface area (Å²) in [7, 11) is 0. The van der Waals surface area contributed by atoms with E-state index in [4.69, 9.17) is 4.74 Å². The van der Waals surface area contributed by atoms with Gasteiger partial charge in [-0.1, -0.05) is 13.3 Å². The molecule has 0 aliphatic rings. The van der Waals surface area contributed by atoms with Crippen LogP contribution in [0.1, 0.15) is 35.7 Å². The Hall–Kier alpha value is -1.56. The Morgan fingerprint density at radius 2 is 1.92 bits per heavy atom. The number of hydrogen-bond acceptors (Lipinski definition) is 2. The fourth-order valence-corrected chi connectivity index (χ4v) is 2.67. The van der Waals surface area contributed by atoms with E-state index in [9.17, 15) is 13.6 Å². The fourth-order valence-electron chi connectivity index (χ4n) is 2.33. The molecule has 25 heavy (non-hydrogen) atoms. The Morgan fingerprint density at radius 3 is 2.68 bits per heavy atom. The SMILES string of the molecule is CCCCOCCc1ccccc1C(=O)Nc1ccc(F)[c]([Ti])c1F. The molecule has 0 aliphatic carbocycles. The van der Waals surface area contributed by atoms with E-state index in [1.165, 1.54) is 26.5 Å². The van der Waals surface area contributed by atoms with Gasteiger partial charge in [0.25, 0.3) is 0 Å². The van der Waals surface area contributed by atoms with Gasteiger partial charge >= 0.3 is 145 Å². The first-order valence-corrected chi connectivity index (χ1v) is 8.99. The van der Waals surface area contributed by atoms with Crippen LogP contribution in [0.3, 0.4) is 0 Å². The first-order chi connectivity index (χ1) is 12.0. The summed E-state index contributed by atoms with van der Waals surface area (Å²) in [5.41, 5.74) is 1.26. The van der Waals surface area contributed by atoms with Gasteiger partial charge in [0.2, 0.25) is 0 Å². The van der Waals surface area contributed by atoms with Crippen LogP contribution in [0.15, 0.2) is 36.4 Å². The second-order valence-electron chi connectivity index (χ2n) is 5.61. The van der Waals surface area contributed by atoms with Crippen molar-refractivity contribution in [3.8, 4) is 0 Å². The van der Waals surface area contributed by atoms with E-state index in [1.54, 1.807) is 12.1 Å². The second-order valence-corrected chi connectivity index (χ2v) is 6.39. The zero-order valence-electron chi connectivity index (χ0n) is 14.1. The first-order valence-electron chi connectivity index (χ1n) is 8.21. The van der Waals surface area contributed by atoms with Crippen molar-refractivity contribution in [3.05, 3.63) is 59.2 Å². The molecular formula is C19H20F2NO2Ti. The van der Waals surface area contributed by atoms with Crippen molar-refractivity contribution in [1.82, 2.24) is 0 Å². The van der Waals surface area contributed by atoms with Gasteiger partial charge in [-0.25, -0.2) is 0 Å². The Kier molecular flexibility index (Phi) is 7.75. The molecule has 0 radical (unpaired) electrons. The number of nitrogens with one attached hydrogen (secondary N) is 1. The van der Waals surface area contributed by atoms with Crippen molar-refractivity contribution < 1.29 is 38.7 Å². The fraction of sp³-hybridized carbons (Fsp3) is 0.316. The number of carbonyl (C=O) groups excluding carboxylic acids is 1. The van der Waals surface area contributed by atoms with Gasteiger partial charge in [-0.15, -0.1) is 0 Å². The molecule has 1 amide bonds. The van der Waals surface area contributed by atoms with Crippen molar-refractivity contribution in [1.29, 1.82) is 0 Å². The molecule has 0 bridgehead atoms. The molecule has 0 saturated carbocycles. The van der Waals surface area contributed by atoms with Crippen molar-refractivity contribution in [2.75, 3.05) is 18.5 Å². The molecule has 0 unspecified atom stereocenters. The predicted octanol–water partition coefficient (Wildman–Crippen LogP) is 3.75. The maximum absolute atomic E-state index is 14.1. The van der Waals surface area contributed by atoms with Gasteiger partial charge in [0.05, 0.1) is 0 Å². The van der Waals surface area contributed by atoms with E-state index in [0.717, 1.165) is 24.5 Å². The van der Waals surface area contributed by atoms with E-state index in [1.807, 2.05) is 12.1 Å². The van der Waals surface area contributed by atoms with Crippen molar-refractivity contribution >= 4 is 15.5 Å². The molecular weight excluding hydrogens is 360 g/mol. The summed E-state index contributed by atoms with van der Waals surface area (Å²) < 4.78 is 32.9. The van der Waals surface area contributed by atoms with Crippen LogP contribution in [0.25, 0.3) is 0 Å². The molecule has 0 saturated heterocycles. The van der Waals surface area contributed by atoms with Crippen molar-refractivity contribution in [2.45, 2.75) is 26.2 Å². The zero-order chi connectivity index (χ0) is 18.2. The van der Waals surface area contributed by atoms with Crippen molar-refractivity contribution in [3.63, 3.8) is 0 Å². The van der Waals surface area contributed by atoms with Gasteiger partial charge < -0.3 is 0 Å². The summed E-state index contributed by atoms with van der Waals surface area (Å²) in [4.78, 5) is 12.5. The van der Waals surface area contributed by atoms with Gasteiger partial charge in [-0.05, 0) is 0 Å². The van der Waals surface area contributed by atoms with Crippen LogP contribution < -0.4 is 9.18 Å². The van der Waals surface area contributed by atoms with Crippen LogP contribution >= 0.6 is 0 Å². The third kappa shape index (κ3) is 5.46. The molecule has 0 aromatic heterocycles. The molecule has 1 N–H and O–H groups in total. The van der Waals surface area contributed by atoms with Crippen LogP contribution in [-0.4, -0.2) is 19.1 Å². The first kappa shape index (κ1) is 19.8. The third-order valence-electron chi connectivity index (χ3n) is 3.76. The number of carbonyl (C=O) groups is 1. The second kappa shape index (κ2) is 9.81. The van der Waals surface area contributed by atoms with Crippen LogP contribution in [0.4, 0.5) is 14.5 Å². The molecule has 3 nitrogen and oxygen atoms in total. The standard InChI is InChI=1S/C19H20F2NO2.Ti/c1-2-3-11-24-12-10-14-6-4-5-7-16(14)19(23)22-18-9-8-15(20)13-17(18)21;/h4-9H,2-3,10-12H2,1H3,(H,22,23);. The molecule has 0 fully saturated rings. The van der Waals surface area contributed by atoms with Gasteiger partial charge in [0.15, 0.2) is 0 Å². The summed E-state index contributed by atoms with van der Waals surface area (Å²) >= 11 is 1.34. The number of anilines is 1. The van der Waals surface area contributed by atoms with E-state index >= 15 is 0 Å². The summed E-state index contributed by atoms with van der Waals surface area (Å²) in [6.07, 6.45) is 2.67. The molecule has 0 spiro atoms. The van der Waals surface area contributed by atoms with Crippen LogP contribution in [0.5, 0.6) is 0 Å². The van der Waals surface area contributed by atoms with E-state index < -0.39 is 17.5 Å². The Labute approximate surface area is 158 Å². The number of amides is 1. The topological polar surface area (TPSA) is 38.3 Å². The number of rotatable bonds is 8. The molecule has 0 aliphatic heterocycles. The zero-order valence-corrected chi connectivity index (χ0v) is 15.6. The quantitative estimate of drug-likeness (QED) is 0.560. The molecule has 2 rings (SSSR count). The molecule has 2 aromatic carbocycles. The minimum absolute atomic E-state index is 0.0297. The molecule has 2 aromatic rings. The van der Waals surface area contributed by atoms with Gasteiger partial charge in [0.1, 0.15) is 0 Å². The summed E-state index contributed by atoms with van der Waals surface area (Å²) in [6.45, 7) is 3.32. The number of benzene rings is 2. The third-order valence-corrected chi connectivity index (χ3v) is 4.47. The average molecular weight is 380 g/mol. The van der Waals surface area contributed by atoms with Gasteiger partial charge in [-0.2, -0.15) is 0 Å². The number of ether oxygens (including phenoxy) is 1. The molecule has 0 heterocycles. The van der Waals surface area contributed by atoms with Crippen LogP contribution in [0.2, 0.25) is 0 Å². The average Bonchev–Trinajstić information content (AvgIpc) is 2.62. The Balaban J connectivity index is 2.08. The number of unbranched alkanes of at least 4 members (excludes halogenated alkanes) is 1. The van der Waals surface area contributed by atoms with E-state index in [-0.39, 0.29) is 9.56 Å². The van der Waals surface area contributed by atoms with Gasteiger partial charge in [0, 0.05) is 0 Å². The number of hydrogen-bond donors (Lipinski definition) is 1. The molecule has 6 heteroatoms. The Morgan fingerprint density at radius 1 is 1.16 bits per heavy atom. The minimum atomic E-state index is -0.756. The molecule has 131 valence electrons. The summed E-state index contributed by atoms with van der Waals surface area (Å²) in [5, 5.41) is 2.52. The van der Waals surface area contributed by atoms with E-state index in [2.05, 4.69) is 12.2 Å². The Bertz CT molecular complexity index is 737. The predicted molar refractivity (Wildman–Crippen MR) is 89.8 cm³/mol. The number of halogens is 2. The summed E-state index contributed by atoms with van der Waals surface area (Å²) in [5.74, 6) is -1.82. The maximum atomic E-state index is 14.1. The summed E-state index contributed by atoms with van der Waals surface area (Å²) in [6, 6.07) is 9.51. The molecule has 0 atom stereocenters. The van der Waals surface area contributed by atoms with Gasteiger partial charge in [-0.3, -0.25) is 0 Å². The normalized spacial score (nSPS) is 10.6. The monoisotopic (exact) mass is 380 g/mol. The van der Waals surface area contributed by atoms with Crippen LogP contribution in [0, 0.1) is 11.6 Å².